The summed E-state index contributed by atoms with van der Waals surface area (Å²) in [6.07, 6.45) is 1.58. The third kappa shape index (κ3) is 14.0. The van der Waals surface area contributed by atoms with Crippen molar-refractivity contribution in [2.45, 2.75) is 238 Å². The Balaban J connectivity index is 0.00000270. The maximum absolute atomic E-state index is 12.3. The summed E-state index contributed by atoms with van der Waals surface area (Å²) in [7, 11) is -20.7. The van der Waals surface area contributed by atoms with Crippen LogP contribution in [-0.2, 0) is 67.8 Å². The van der Waals surface area contributed by atoms with E-state index in [-0.39, 0.29) is 221 Å². The number of rotatable bonds is 14. The average molecular weight is 1270 g/mol. The van der Waals surface area contributed by atoms with Crippen LogP contribution in [-0.4, -0.2) is 122 Å². The molecule has 20 nitrogen and oxygen atoms in total. The monoisotopic (exact) mass is 1270 g/mol. The first-order chi connectivity index (χ1) is 35.8. The van der Waals surface area contributed by atoms with Crippen LogP contribution in [0.3, 0.4) is 0 Å². The molecule has 0 amide bonds. The summed E-state index contributed by atoms with van der Waals surface area (Å²) in [5.41, 5.74) is 0.908. The molecule has 0 radical (unpaired) electrons. The normalized spacial score (nSPS) is 44.9. The molecule has 0 unspecified atom stereocenters. The van der Waals surface area contributed by atoms with Crippen molar-refractivity contribution in [2.75, 3.05) is 0 Å². The van der Waals surface area contributed by atoms with Gasteiger partial charge in [-0.05, 0) is 211 Å². The largest absolute Gasteiger partial charge is 1.00 e. The summed E-state index contributed by atoms with van der Waals surface area (Å²) in [4.78, 5) is 0. The first kappa shape index (κ1) is 73.8. The fourth-order valence-electron chi connectivity index (χ4n) is 20.2. The van der Waals surface area contributed by atoms with Crippen molar-refractivity contribution in [3.05, 3.63) is 22.3 Å². The Kier molecular flexibility index (Phi) is 23.1. The third-order valence-corrected chi connectivity index (χ3v) is 25.5. The third-order valence-electron chi connectivity index (χ3n) is 23.5. The van der Waals surface area contributed by atoms with E-state index in [1.165, 1.54) is 0 Å². The summed E-state index contributed by atoms with van der Waals surface area (Å²) in [5, 5.41) is 22.0. The molecule has 2 aliphatic heterocycles. The SMILES string of the molecule is C[C@@H]([C@H]1CC[C@H]2C3=C(CC[C@]12C)[C@@]1(C)C[C@H](OS(=O)(=O)[O-])[C@H](O)C[C@@H]1[C@@H](OS(=O)(=O)[O-])C3)[C@H]1C[C@@H]2C[C@@](C)(OC2(C)C)[C@H](CC[C@@H](C)[C@H]2CC[C@H]3C4=C(CC[C@]23C)[C@@]2(C)C[C@H](OS(=O)(=O)[O-])[C@H](O)C[C@@H]2[C@@H](OS(=O)(=O)[O-])C4)O1.[Na+].[Na+].[Na+].[Na+]. The Hall–Kier alpha value is 2.80. The van der Waals surface area contributed by atoms with Crippen LogP contribution in [0.1, 0.15) is 178 Å². The van der Waals surface area contributed by atoms with Crippen molar-refractivity contribution < 1.29 is 207 Å². The number of ether oxygens (including phenoxy) is 2. The van der Waals surface area contributed by atoms with Gasteiger partial charge < -0.3 is 37.9 Å². The number of hydrogen-bond acceptors (Lipinski definition) is 20. The zero-order chi connectivity index (χ0) is 57.1. The standard InChI is InChI=1S/C54H86O20S4.4Na/c1-28(33-11-13-35-31-21-44(70-75(57,58)59)39-23-41(55)46(72-77(63,64)65)26-52(39,7)37(31)16-18-50(33,35)5)10-15-48-54(9)25-30(49(3,4)74-54)20-43(69-48)29(2)34-12-14-36-32-22-45(71-76(60,61)62)40-24-42(56)47(73-78(66,67)68)27-53(40,8)38(32)17-19-51(34,36)6;;;;/h28-30,33-36,39-48,55-56H,10-27H2,1-9H3,(H,57,58,59)(H,60,61,62)(H,63,64,65)(H,66,67,68);;;;/q;4*+1/p-4/t28-,29+,30-,33-,34-,35+,36+,39-,40-,41-,42-,43-,44+,45+,46+,47+,48+,50-,51-,52-,53-,54-;;;;/m1..../s1. The van der Waals surface area contributed by atoms with Crippen LogP contribution in [0.2, 0.25) is 0 Å². The van der Waals surface area contributed by atoms with Crippen LogP contribution in [0.25, 0.3) is 0 Å². The van der Waals surface area contributed by atoms with E-state index in [1.807, 2.05) is 13.8 Å². The fraction of sp³-hybridized carbons (Fsp3) is 0.926. The van der Waals surface area contributed by atoms with E-state index >= 15 is 0 Å². The summed E-state index contributed by atoms with van der Waals surface area (Å²) in [5.74, 6) is -0.216. The average Bonchev–Trinajstić information content (AvgIpc) is 3.86. The Morgan fingerprint density at radius 3 is 1.40 bits per heavy atom. The van der Waals surface area contributed by atoms with Gasteiger partial charge in [0.15, 0.2) is 0 Å². The molecule has 446 valence electrons. The zero-order valence-electron chi connectivity index (χ0n) is 50.4. The molecule has 22 atom stereocenters. The van der Waals surface area contributed by atoms with E-state index in [2.05, 4.69) is 48.5 Å². The van der Waals surface area contributed by atoms with E-state index in [1.54, 1.807) is 0 Å². The molecule has 0 spiro atoms. The van der Waals surface area contributed by atoms with Gasteiger partial charge in [0, 0.05) is 0 Å². The molecule has 2 saturated heterocycles. The van der Waals surface area contributed by atoms with Crippen molar-refractivity contribution >= 4 is 41.6 Å². The smallest absolute Gasteiger partial charge is 0.726 e. The van der Waals surface area contributed by atoms with E-state index in [0.717, 1.165) is 86.5 Å². The summed E-state index contributed by atoms with van der Waals surface area (Å²) in [6.45, 7) is 19.6. The van der Waals surface area contributed by atoms with Crippen LogP contribution in [0.4, 0.5) is 0 Å². The molecule has 10 rings (SSSR count). The first-order valence-electron chi connectivity index (χ1n) is 28.5. The summed E-state index contributed by atoms with van der Waals surface area (Å²) < 4.78 is 179. The second kappa shape index (κ2) is 25.6. The van der Waals surface area contributed by atoms with Crippen LogP contribution in [0.15, 0.2) is 22.3 Å². The van der Waals surface area contributed by atoms with Crippen LogP contribution < -0.4 is 118 Å². The van der Waals surface area contributed by atoms with Gasteiger partial charge in [0.25, 0.3) is 0 Å². The van der Waals surface area contributed by atoms with Crippen molar-refractivity contribution in [3.8, 4) is 0 Å². The van der Waals surface area contributed by atoms with Gasteiger partial charge in [0.2, 0.25) is 41.6 Å². The molecule has 28 heteroatoms. The van der Waals surface area contributed by atoms with Gasteiger partial charge in [0.05, 0.1) is 47.8 Å². The Bertz CT molecular complexity index is 2910. The minimum Gasteiger partial charge on any atom is -0.726 e. The van der Waals surface area contributed by atoms with Crippen molar-refractivity contribution in [1.82, 2.24) is 0 Å². The minimum atomic E-state index is -5.18. The number of fused-ring (bicyclic) bond motifs is 10. The molecular weight excluding hydrogens is 1190 g/mol. The molecule has 2 N–H and O–H groups in total. The molecular formula is C54H82Na4O20S4. The molecule has 8 aliphatic carbocycles. The van der Waals surface area contributed by atoms with Gasteiger partial charge in [-0.15, -0.1) is 0 Å². The second-order valence-electron chi connectivity index (χ2n) is 27.9. The molecule has 4 saturated carbocycles. The number of allylic oxidation sites excluding steroid dienone is 2. The Labute approximate surface area is 576 Å². The predicted octanol–water partition coefficient (Wildman–Crippen LogP) is -5.22. The van der Waals surface area contributed by atoms with Gasteiger partial charge in [-0.2, -0.15) is 0 Å². The van der Waals surface area contributed by atoms with Crippen LogP contribution in [0.5, 0.6) is 0 Å². The van der Waals surface area contributed by atoms with E-state index in [0.29, 0.717) is 12.8 Å². The van der Waals surface area contributed by atoms with Crippen molar-refractivity contribution in [2.24, 2.45) is 74.9 Å². The minimum absolute atomic E-state index is 0. The second-order valence-corrected chi connectivity index (χ2v) is 31.9. The molecule has 0 aromatic rings. The molecule has 2 bridgehead atoms. The molecule has 82 heavy (non-hydrogen) atoms. The van der Waals surface area contributed by atoms with Gasteiger partial charge in [-0.1, -0.05) is 63.8 Å². The van der Waals surface area contributed by atoms with E-state index in [9.17, 15) is 62.1 Å². The predicted molar refractivity (Wildman–Crippen MR) is 275 cm³/mol. The molecule has 0 aromatic heterocycles. The molecule has 10 aliphatic rings. The van der Waals surface area contributed by atoms with Crippen molar-refractivity contribution in [1.29, 1.82) is 0 Å². The first-order valence-corrected chi connectivity index (χ1v) is 33.8. The topological polar surface area (TPSA) is 325 Å². The fourth-order valence-corrected chi connectivity index (χ4v) is 22.2. The van der Waals surface area contributed by atoms with Gasteiger partial charge in [0.1, 0.15) is 12.2 Å². The number of hydrogen-bond donors (Lipinski definition) is 2. The maximum Gasteiger partial charge on any atom is 1.00 e. The van der Waals surface area contributed by atoms with E-state index < -0.39 is 112 Å². The van der Waals surface area contributed by atoms with Gasteiger partial charge in [-0.25, -0.2) is 33.7 Å². The van der Waals surface area contributed by atoms with Crippen molar-refractivity contribution in [3.63, 3.8) is 0 Å². The molecule has 6 fully saturated rings. The van der Waals surface area contributed by atoms with Gasteiger partial charge >= 0.3 is 118 Å². The zero-order valence-corrected chi connectivity index (χ0v) is 61.7. The maximum atomic E-state index is 12.3. The number of aliphatic hydroxyl groups is 2. The van der Waals surface area contributed by atoms with Crippen LogP contribution in [0, 0.1) is 74.9 Å². The molecule has 2 heterocycles. The Morgan fingerprint density at radius 2 is 0.976 bits per heavy atom. The quantitative estimate of drug-likeness (QED) is 0.0711. The van der Waals surface area contributed by atoms with E-state index in [4.69, 9.17) is 26.2 Å². The Morgan fingerprint density at radius 1 is 0.573 bits per heavy atom. The summed E-state index contributed by atoms with van der Waals surface area (Å²) in [6, 6.07) is 0. The van der Waals surface area contributed by atoms with Crippen LogP contribution >= 0.6 is 0 Å². The number of aliphatic hydroxyl groups excluding tert-OH is 2. The summed E-state index contributed by atoms with van der Waals surface area (Å²) >= 11 is 0. The van der Waals surface area contributed by atoms with Gasteiger partial charge in [-0.3, -0.25) is 16.7 Å². The molecule has 0 aromatic carbocycles.